The summed E-state index contributed by atoms with van der Waals surface area (Å²) in [6.07, 6.45) is 1.25. The number of halogens is 1. The number of hydrogen-bond acceptors (Lipinski definition) is 9. The molecule has 31 heavy (non-hydrogen) atoms. The second kappa shape index (κ2) is 7.98. The van der Waals surface area contributed by atoms with Gasteiger partial charge in [-0.15, -0.1) is 0 Å². The van der Waals surface area contributed by atoms with Crippen molar-refractivity contribution in [2.75, 3.05) is 32.3 Å². The van der Waals surface area contributed by atoms with Gasteiger partial charge in [0.25, 0.3) is 5.91 Å². The molecule has 0 saturated carbocycles. The zero-order valence-electron chi connectivity index (χ0n) is 17.2. The zero-order chi connectivity index (χ0) is 23.0. The molecule has 2 heterocycles. The number of guanidine groups is 1. The molecule has 0 saturated heterocycles. The maximum atomic E-state index is 14.7. The van der Waals surface area contributed by atoms with Crippen LogP contribution < -0.4 is 20.5 Å². The van der Waals surface area contributed by atoms with Crippen LogP contribution in [-0.4, -0.2) is 61.6 Å². The van der Waals surface area contributed by atoms with Crippen molar-refractivity contribution in [2.24, 2.45) is 10.7 Å². The number of aromatic nitrogens is 2. The van der Waals surface area contributed by atoms with E-state index in [1.807, 2.05) is 0 Å². The Bertz CT molecular complexity index is 1170. The van der Waals surface area contributed by atoms with Crippen LogP contribution in [0.2, 0.25) is 0 Å². The topological polar surface area (TPSA) is 149 Å². The van der Waals surface area contributed by atoms with Crippen LogP contribution in [0, 0.1) is 5.82 Å². The standard InChI is InChI=1S/C18H21FN6O5S/c1-18(9-31(27,28)25(2)17(20)24-18)11-7-10(5-6-12(11)19)22-15(26)14-16(30-4)23-13(29-3)8-21-14/h5-8H,9H2,1-4H3,(H2,20,24)(H,22,26)/t18-/m0/s1. The third kappa shape index (κ3) is 4.21. The molecule has 1 atom stereocenters. The number of carbonyl (C=O) groups is 1. The predicted octanol–water partition coefficient (Wildman–Crippen LogP) is 0.690. The maximum Gasteiger partial charge on any atom is 0.279 e. The van der Waals surface area contributed by atoms with E-state index in [9.17, 15) is 17.6 Å². The minimum absolute atomic E-state index is 0.0438. The number of benzene rings is 1. The Balaban J connectivity index is 1.96. The highest BCUT2D eigenvalue weighted by Crippen LogP contribution is 2.35. The molecule has 1 aromatic heterocycles. The van der Waals surface area contributed by atoms with Crippen molar-refractivity contribution in [2.45, 2.75) is 12.5 Å². The van der Waals surface area contributed by atoms with E-state index in [0.29, 0.717) is 0 Å². The zero-order valence-corrected chi connectivity index (χ0v) is 18.0. The molecule has 166 valence electrons. The molecule has 3 rings (SSSR count). The number of sulfonamides is 1. The Hall–Kier alpha value is -3.48. The van der Waals surface area contributed by atoms with Crippen molar-refractivity contribution in [3.05, 3.63) is 41.5 Å². The Kier molecular flexibility index (Phi) is 5.72. The Morgan fingerprint density at radius 2 is 2.03 bits per heavy atom. The summed E-state index contributed by atoms with van der Waals surface area (Å²) in [5.74, 6) is -2.04. The van der Waals surface area contributed by atoms with E-state index >= 15 is 0 Å². The van der Waals surface area contributed by atoms with Gasteiger partial charge >= 0.3 is 0 Å². The maximum absolute atomic E-state index is 14.7. The summed E-state index contributed by atoms with van der Waals surface area (Å²) in [6.45, 7) is 1.45. The van der Waals surface area contributed by atoms with Gasteiger partial charge in [0.2, 0.25) is 27.7 Å². The van der Waals surface area contributed by atoms with Gasteiger partial charge in [0.15, 0.2) is 5.69 Å². The first-order valence-electron chi connectivity index (χ1n) is 8.89. The molecule has 3 N–H and O–H groups in total. The van der Waals surface area contributed by atoms with E-state index in [4.69, 9.17) is 15.2 Å². The van der Waals surface area contributed by atoms with Crippen LogP contribution in [0.15, 0.2) is 29.4 Å². The highest BCUT2D eigenvalue weighted by Gasteiger charge is 2.41. The number of anilines is 1. The fraction of sp³-hybridized carbons (Fsp3) is 0.333. The average Bonchev–Trinajstić information content (AvgIpc) is 2.72. The Morgan fingerprint density at radius 3 is 2.65 bits per heavy atom. The molecule has 11 nitrogen and oxygen atoms in total. The summed E-state index contributed by atoms with van der Waals surface area (Å²) in [5.41, 5.74) is 4.27. The van der Waals surface area contributed by atoms with Gasteiger partial charge in [-0.2, -0.15) is 4.98 Å². The number of amides is 1. The minimum atomic E-state index is -3.80. The van der Waals surface area contributed by atoms with Crippen LogP contribution in [0.3, 0.4) is 0 Å². The Labute approximate surface area is 178 Å². The molecule has 0 fully saturated rings. The summed E-state index contributed by atoms with van der Waals surface area (Å²) in [4.78, 5) is 24.8. The lowest BCUT2D eigenvalue weighted by Crippen LogP contribution is -2.50. The van der Waals surface area contributed by atoms with Gasteiger partial charge in [-0.1, -0.05) is 0 Å². The van der Waals surface area contributed by atoms with Crippen LogP contribution in [0.1, 0.15) is 23.0 Å². The van der Waals surface area contributed by atoms with Gasteiger partial charge in [0, 0.05) is 18.3 Å². The third-order valence-electron chi connectivity index (χ3n) is 4.71. The van der Waals surface area contributed by atoms with E-state index in [-0.39, 0.29) is 34.7 Å². The molecule has 0 aliphatic carbocycles. The SMILES string of the molecule is COc1cnc(C(=O)Nc2ccc(F)c([C@]3(C)CS(=O)(=O)N(C)C(N)=N3)c2)c(OC)n1. The third-order valence-corrected chi connectivity index (χ3v) is 6.65. The molecule has 0 unspecified atom stereocenters. The minimum Gasteiger partial charge on any atom is -0.480 e. The van der Waals surface area contributed by atoms with Crippen molar-refractivity contribution in [3.8, 4) is 11.8 Å². The van der Waals surface area contributed by atoms with E-state index < -0.39 is 33.0 Å². The van der Waals surface area contributed by atoms with Crippen LogP contribution in [0.5, 0.6) is 11.8 Å². The lowest BCUT2D eigenvalue weighted by Gasteiger charge is -2.34. The number of nitrogens with zero attached hydrogens (tertiary/aromatic N) is 4. The van der Waals surface area contributed by atoms with E-state index in [2.05, 4.69) is 20.3 Å². The molecular formula is C18H21FN6O5S. The Morgan fingerprint density at radius 1 is 1.32 bits per heavy atom. The lowest BCUT2D eigenvalue weighted by atomic mass is 9.93. The van der Waals surface area contributed by atoms with E-state index in [1.165, 1.54) is 46.5 Å². The van der Waals surface area contributed by atoms with Gasteiger partial charge in [-0.25, -0.2) is 27.1 Å². The highest BCUT2D eigenvalue weighted by molar-refractivity contribution is 7.89. The fourth-order valence-corrected chi connectivity index (χ4v) is 4.50. The molecule has 1 aromatic carbocycles. The first-order valence-corrected chi connectivity index (χ1v) is 10.5. The number of aliphatic imine (C=N–C) groups is 1. The highest BCUT2D eigenvalue weighted by atomic mass is 32.2. The molecule has 1 aliphatic rings. The molecule has 0 spiro atoms. The van der Waals surface area contributed by atoms with Crippen LogP contribution in [0.4, 0.5) is 10.1 Å². The average molecular weight is 452 g/mol. The molecule has 0 bridgehead atoms. The van der Waals surface area contributed by atoms with Crippen molar-refractivity contribution >= 4 is 27.6 Å². The monoisotopic (exact) mass is 452 g/mol. The first kappa shape index (κ1) is 22.2. The van der Waals surface area contributed by atoms with Crippen LogP contribution in [0.25, 0.3) is 0 Å². The summed E-state index contributed by atoms with van der Waals surface area (Å²) < 4.78 is 50.3. The van der Waals surface area contributed by atoms with Crippen LogP contribution in [-0.2, 0) is 15.6 Å². The molecule has 13 heteroatoms. The normalized spacial score (nSPS) is 20.0. The number of hydrogen-bond donors (Lipinski definition) is 2. The number of carbonyl (C=O) groups excluding carboxylic acids is 1. The predicted molar refractivity (Wildman–Crippen MR) is 110 cm³/mol. The number of nitrogens with two attached hydrogens (primary N) is 1. The lowest BCUT2D eigenvalue weighted by molar-refractivity contribution is 0.101. The second-order valence-corrected chi connectivity index (χ2v) is 8.89. The van der Waals surface area contributed by atoms with Gasteiger partial charge in [0.05, 0.1) is 26.2 Å². The molecule has 1 aliphatic heterocycles. The summed E-state index contributed by atoms with van der Waals surface area (Å²) in [7, 11) is 0.178. The molecule has 1 amide bonds. The van der Waals surface area contributed by atoms with Crippen LogP contribution >= 0.6 is 0 Å². The summed E-state index contributed by atoms with van der Waals surface area (Å²) in [6, 6.07) is 3.72. The molecule has 2 aromatic rings. The second-order valence-electron chi connectivity index (χ2n) is 6.89. The number of rotatable bonds is 5. The number of nitrogens with one attached hydrogen (secondary N) is 1. The van der Waals surface area contributed by atoms with Crippen molar-refractivity contribution in [1.29, 1.82) is 0 Å². The molecular weight excluding hydrogens is 431 g/mol. The smallest absolute Gasteiger partial charge is 0.279 e. The first-order chi connectivity index (χ1) is 14.5. The fourth-order valence-electron chi connectivity index (χ4n) is 3.05. The van der Waals surface area contributed by atoms with Gasteiger partial charge in [0.1, 0.15) is 11.4 Å². The van der Waals surface area contributed by atoms with Gasteiger partial charge < -0.3 is 20.5 Å². The van der Waals surface area contributed by atoms with Crippen molar-refractivity contribution < 1.29 is 27.1 Å². The van der Waals surface area contributed by atoms with Crippen molar-refractivity contribution in [1.82, 2.24) is 14.3 Å². The van der Waals surface area contributed by atoms with Crippen molar-refractivity contribution in [3.63, 3.8) is 0 Å². The van der Waals surface area contributed by atoms with E-state index in [1.54, 1.807) is 0 Å². The largest absolute Gasteiger partial charge is 0.480 e. The molecule has 0 radical (unpaired) electrons. The summed E-state index contributed by atoms with van der Waals surface area (Å²) in [5, 5.41) is 2.57. The van der Waals surface area contributed by atoms with Gasteiger partial charge in [-0.05, 0) is 25.1 Å². The quantitative estimate of drug-likeness (QED) is 0.673. The number of methoxy groups -OCH3 is 2. The van der Waals surface area contributed by atoms with Gasteiger partial charge in [-0.3, -0.25) is 4.79 Å². The van der Waals surface area contributed by atoms with E-state index in [0.717, 1.165) is 10.4 Å². The number of ether oxygens (including phenoxy) is 2. The summed E-state index contributed by atoms with van der Waals surface area (Å²) >= 11 is 0.